The highest BCUT2D eigenvalue weighted by atomic mass is 14.9. The zero-order chi connectivity index (χ0) is 44.1. The van der Waals surface area contributed by atoms with Crippen LogP contribution in [0.3, 0.4) is 0 Å². The van der Waals surface area contributed by atoms with Crippen molar-refractivity contribution >= 4 is 0 Å². The molecule has 2 heterocycles. The van der Waals surface area contributed by atoms with E-state index >= 15 is 0 Å². The Morgan fingerprint density at radius 3 is 0.939 bits per heavy atom. The fraction of sp³-hybridized carbons (Fsp3) is 0. The summed E-state index contributed by atoms with van der Waals surface area (Å²) in [5.74, 6) is 0.690. The number of nitrogens with zero attached hydrogens (tertiary/aromatic N) is 3. The predicted molar refractivity (Wildman–Crippen MR) is 274 cm³/mol. The molecule has 11 aromatic rings. The Morgan fingerprint density at radius 1 is 0.182 bits per heavy atom. The average molecular weight is 842 g/mol. The standard InChI is InChI=1S/C63H43N3/c1-7-20-44(21-8-1)54-32-19-33-55(42-54)63-64-56(47-22-9-2-10-23-47)43-57(65-63)48-38-34-45(35-39-48)46-36-40-51(41-37-46)58-59(49-24-11-3-12-25-49)61(52-28-15-5-16-29-52)66-62(53-30-17-6-18-31-53)60(58)50-26-13-4-14-27-50/h1-43H. The molecule has 11 rings (SSSR count). The molecule has 0 saturated carbocycles. The number of benzene rings is 9. The van der Waals surface area contributed by atoms with E-state index in [0.29, 0.717) is 5.82 Å². The first kappa shape index (κ1) is 40.0. The maximum atomic E-state index is 5.60. The highest BCUT2D eigenvalue weighted by molar-refractivity contribution is 6.05. The van der Waals surface area contributed by atoms with Crippen molar-refractivity contribution in [3.63, 3.8) is 0 Å². The molecule has 0 saturated heterocycles. The van der Waals surface area contributed by atoms with Gasteiger partial charge in [0.1, 0.15) is 0 Å². The zero-order valence-corrected chi connectivity index (χ0v) is 36.2. The van der Waals surface area contributed by atoms with Crippen LogP contribution in [0.4, 0.5) is 0 Å². The van der Waals surface area contributed by atoms with E-state index in [2.05, 4.69) is 249 Å². The molecule has 9 aromatic carbocycles. The second-order valence-electron chi connectivity index (χ2n) is 16.3. The van der Waals surface area contributed by atoms with Gasteiger partial charge in [-0.15, -0.1) is 0 Å². The Labute approximate surface area is 386 Å². The molecule has 0 spiro atoms. The van der Waals surface area contributed by atoms with E-state index in [1.165, 1.54) is 0 Å². The van der Waals surface area contributed by atoms with Crippen LogP contribution in [0.5, 0.6) is 0 Å². The summed E-state index contributed by atoms with van der Waals surface area (Å²) in [6, 6.07) is 91.7. The van der Waals surface area contributed by atoms with E-state index in [1.807, 2.05) is 12.1 Å². The zero-order valence-electron chi connectivity index (χ0n) is 36.2. The summed E-state index contributed by atoms with van der Waals surface area (Å²) in [7, 11) is 0. The summed E-state index contributed by atoms with van der Waals surface area (Å²) in [6.07, 6.45) is 0. The van der Waals surface area contributed by atoms with Crippen LogP contribution in [-0.4, -0.2) is 15.0 Å². The quantitative estimate of drug-likeness (QED) is 0.138. The summed E-state index contributed by atoms with van der Waals surface area (Å²) in [5.41, 5.74) is 20.0. The van der Waals surface area contributed by atoms with Gasteiger partial charge in [-0.2, -0.15) is 0 Å². The average Bonchev–Trinajstić information content (AvgIpc) is 3.42. The van der Waals surface area contributed by atoms with Crippen LogP contribution in [0.25, 0.3) is 112 Å². The Bertz CT molecular complexity index is 3290. The number of aromatic nitrogens is 3. The van der Waals surface area contributed by atoms with Gasteiger partial charge in [0, 0.05) is 44.5 Å². The molecule has 0 aliphatic carbocycles. The van der Waals surface area contributed by atoms with Crippen LogP contribution in [-0.2, 0) is 0 Å². The first-order chi connectivity index (χ1) is 32.7. The van der Waals surface area contributed by atoms with Gasteiger partial charge >= 0.3 is 0 Å². The lowest BCUT2D eigenvalue weighted by Gasteiger charge is -2.23. The molecule has 0 aliphatic rings. The third-order valence-electron chi connectivity index (χ3n) is 12.1. The second kappa shape index (κ2) is 18.1. The minimum atomic E-state index is 0.690. The monoisotopic (exact) mass is 841 g/mol. The van der Waals surface area contributed by atoms with Gasteiger partial charge in [-0.25, -0.2) is 15.0 Å². The van der Waals surface area contributed by atoms with Crippen LogP contribution in [0, 0.1) is 0 Å². The minimum Gasteiger partial charge on any atom is -0.246 e. The molecule has 3 heteroatoms. The van der Waals surface area contributed by atoms with E-state index in [1.54, 1.807) is 0 Å². The molecule has 310 valence electrons. The SMILES string of the molecule is c1ccc(-c2cccc(-c3nc(-c4ccccc4)cc(-c4ccc(-c5ccc(-c6c(-c7ccccc7)c(-c7ccccc7)nc(-c7ccccc7)c6-c6ccccc6)cc5)cc4)n3)c2)cc1. The summed E-state index contributed by atoms with van der Waals surface area (Å²) >= 11 is 0. The van der Waals surface area contributed by atoms with Crippen LogP contribution >= 0.6 is 0 Å². The van der Waals surface area contributed by atoms with E-state index in [9.17, 15) is 0 Å². The minimum absolute atomic E-state index is 0.690. The van der Waals surface area contributed by atoms with Gasteiger partial charge in [-0.3, -0.25) is 0 Å². The fourth-order valence-corrected chi connectivity index (χ4v) is 8.87. The first-order valence-electron chi connectivity index (χ1n) is 22.3. The van der Waals surface area contributed by atoms with Crippen molar-refractivity contribution in [2.45, 2.75) is 0 Å². The third kappa shape index (κ3) is 8.14. The van der Waals surface area contributed by atoms with Crippen molar-refractivity contribution in [1.29, 1.82) is 0 Å². The lowest BCUT2D eigenvalue weighted by atomic mass is 9.83. The van der Waals surface area contributed by atoms with Crippen molar-refractivity contribution < 1.29 is 0 Å². The van der Waals surface area contributed by atoms with Gasteiger partial charge in [-0.1, -0.05) is 249 Å². The number of hydrogen-bond acceptors (Lipinski definition) is 3. The second-order valence-corrected chi connectivity index (χ2v) is 16.3. The Balaban J connectivity index is 1.02. The topological polar surface area (TPSA) is 38.7 Å². The van der Waals surface area contributed by atoms with E-state index < -0.39 is 0 Å². The number of hydrogen-bond donors (Lipinski definition) is 0. The summed E-state index contributed by atoms with van der Waals surface area (Å²) in [4.78, 5) is 15.9. The summed E-state index contributed by atoms with van der Waals surface area (Å²) < 4.78 is 0. The maximum Gasteiger partial charge on any atom is 0.160 e. The van der Waals surface area contributed by atoms with Crippen LogP contribution in [0.1, 0.15) is 0 Å². The smallest absolute Gasteiger partial charge is 0.160 e. The highest BCUT2D eigenvalue weighted by Gasteiger charge is 2.25. The molecule has 0 amide bonds. The lowest BCUT2D eigenvalue weighted by Crippen LogP contribution is -2.01. The van der Waals surface area contributed by atoms with Gasteiger partial charge in [0.05, 0.1) is 22.8 Å². The van der Waals surface area contributed by atoms with Crippen LogP contribution in [0.2, 0.25) is 0 Å². The van der Waals surface area contributed by atoms with Crippen molar-refractivity contribution in [2.24, 2.45) is 0 Å². The largest absolute Gasteiger partial charge is 0.246 e. The molecule has 0 unspecified atom stereocenters. The predicted octanol–water partition coefficient (Wildman–Crippen LogP) is 16.5. The summed E-state index contributed by atoms with van der Waals surface area (Å²) in [5, 5.41) is 0. The normalized spacial score (nSPS) is 11.0. The van der Waals surface area contributed by atoms with Gasteiger partial charge in [0.2, 0.25) is 0 Å². The maximum absolute atomic E-state index is 5.60. The third-order valence-corrected chi connectivity index (χ3v) is 12.1. The van der Waals surface area contributed by atoms with Gasteiger partial charge < -0.3 is 0 Å². The van der Waals surface area contributed by atoms with Crippen molar-refractivity contribution in [3.8, 4) is 112 Å². The Hall–Kier alpha value is -8.79. The van der Waals surface area contributed by atoms with Crippen LogP contribution in [0.15, 0.2) is 261 Å². The van der Waals surface area contributed by atoms with E-state index in [0.717, 1.165) is 106 Å². The molecule has 0 bridgehead atoms. The molecule has 66 heavy (non-hydrogen) atoms. The highest BCUT2D eigenvalue weighted by Crippen LogP contribution is 2.49. The van der Waals surface area contributed by atoms with Gasteiger partial charge in [0.15, 0.2) is 5.82 Å². The molecule has 0 radical (unpaired) electrons. The molecule has 2 aromatic heterocycles. The molecule has 0 atom stereocenters. The molecule has 0 N–H and O–H groups in total. The summed E-state index contributed by atoms with van der Waals surface area (Å²) in [6.45, 7) is 0. The van der Waals surface area contributed by atoms with Gasteiger partial charge in [-0.05, 0) is 51.1 Å². The fourth-order valence-electron chi connectivity index (χ4n) is 8.87. The molecule has 0 aliphatic heterocycles. The molecule has 3 nitrogen and oxygen atoms in total. The van der Waals surface area contributed by atoms with E-state index in [4.69, 9.17) is 15.0 Å². The molecular weight excluding hydrogens is 799 g/mol. The van der Waals surface area contributed by atoms with E-state index in [-0.39, 0.29) is 0 Å². The molecular formula is C63H43N3. The number of pyridine rings is 1. The van der Waals surface area contributed by atoms with Crippen molar-refractivity contribution in [1.82, 2.24) is 15.0 Å². The van der Waals surface area contributed by atoms with Gasteiger partial charge in [0.25, 0.3) is 0 Å². The van der Waals surface area contributed by atoms with Crippen molar-refractivity contribution in [2.75, 3.05) is 0 Å². The molecule has 0 fully saturated rings. The Kier molecular flexibility index (Phi) is 11.0. The van der Waals surface area contributed by atoms with Crippen molar-refractivity contribution in [3.05, 3.63) is 261 Å². The lowest BCUT2D eigenvalue weighted by molar-refractivity contribution is 1.18. The number of rotatable bonds is 10. The first-order valence-corrected chi connectivity index (χ1v) is 22.3. The van der Waals surface area contributed by atoms with Crippen LogP contribution < -0.4 is 0 Å². The Morgan fingerprint density at radius 2 is 0.485 bits per heavy atom.